The molecule has 3 aromatic carbocycles. The SMILES string of the molecule is Cc1ccc(CN2C(=O)C(Nc3ccc(F)c(F)c3)=C(c3ccccc3)C2=O)cc1. The molecule has 0 bridgehead atoms. The number of halogens is 2. The molecule has 0 aromatic heterocycles. The Morgan fingerprint density at radius 3 is 2.20 bits per heavy atom. The van der Waals surface area contributed by atoms with E-state index in [-0.39, 0.29) is 23.5 Å². The lowest BCUT2D eigenvalue weighted by atomic mass is 10.0. The van der Waals surface area contributed by atoms with Gasteiger partial charge in [-0.2, -0.15) is 0 Å². The van der Waals surface area contributed by atoms with Crippen molar-refractivity contribution in [2.45, 2.75) is 13.5 Å². The first-order valence-electron chi connectivity index (χ1n) is 9.37. The first-order valence-corrected chi connectivity index (χ1v) is 9.37. The van der Waals surface area contributed by atoms with Crippen molar-refractivity contribution in [3.8, 4) is 0 Å². The third-order valence-corrected chi connectivity index (χ3v) is 4.88. The van der Waals surface area contributed by atoms with Gasteiger partial charge in [-0.15, -0.1) is 0 Å². The zero-order valence-electron chi connectivity index (χ0n) is 16.2. The average molecular weight is 404 g/mol. The number of nitrogens with one attached hydrogen (secondary N) is 1. The molecule has 0 unspecified atom stereocenters. The number of carbonyl (C=O) groups excluding carboxylic acids is 2. The van der Waals surface area contributed by atoms with Gasteiger partial charge in [0.05, 0.1) is 12.1 Å². The number of aryl methyl sites for hydroxylation is 1. The van der Waals surface area contributed by atoms with Crippen molar-refractivity contribution >= 4 is 23.1 Å². The molecule has 4 nitrogen and oxygen atoms in total. The van der Waals surface area contributed by atoms with Gasteiger partial charge in [-0.3, -0.25) is 14.5 Å². The first-order chi connectivity index (χ1) is 14.4. The highest BCUT2D eigenvalue weighted by Crippen LogP contribution is 2.31. The summed E-state index contributed by atoms with van der Waals surface area (Å²) in [6.45, 7) is 2.06. The second-order valence-electron chi connectivity index (χ2n) is 7.05. The summed E-state index contributed by atoms with van der Waals surface area (Å²) < 4.78 is 26.9. The lowest BCUT2D eigenvalue weighted by molar-refractivity contribution is -0.137. The standard InChI is InChI=1S/C24H18F2N2O2/c1-15-7-9-16(10-8-15)14-28-23(29)21(17-5-3-2-4-6-17)22(24(28)30)27-18-11-12-19(25)20(26)13-18/h2-13,27H,14H2,1H3. The third-order valence-electron chi connectivity index (χ3n) is 4.88. The van der Waals surface area contributed by atoms with E-state index in [9.17, 15) is 18.4 Å². The number of hydrogen-bond donors (Lipinski definition) is 1. The van der Waals surface area contributed by atoms with Crippen molar-refractivity contribution in [1.82, 2.24) is 4.90 Å². The van der Waals surface area contributed by atoms with Gasteiger partial charge in [0, 0.05) is 11.8 Å². The molecule has 4 rings (SSSR count). The smallest absolute Gasteiger partial charge is 0.278 e. The summed E-state index contributed by atoms with van der Waals surface area (Å²) >= 11 is 0. The van der Waals surface area contributed by atoms with Crippen LogP contribution in [0.15, 0.2) is 78.5 Å². The molecular formula is C24H18F2N2O2. The van der Waals surface area contributed by atoms with Crippen molar-refractivity contribution in [1.29, 1.82) is 0 Å². The van der Waals surface area contributed by atoms with Crippen LogP contribution in [0.1, 0.15) is 16.7 Å². The van der Waals surface area contributed by atoms with Gasteiger partial charge in [-0.1, -0.05) is 60.2 Å². The number of carbonyl (C=O) groups is 2. The molecule has 1 aliphatic rings. The molecule has 6 heteroatoms. The fourth-order valence-electron chi connectivity index (χ4n) is 3.30. The summed E-state index contributed by atoms with van der Waals surface area (Å²) in [5, 5.41) is 2.82. The third kappa shape index (κ3) is 3.72. The molecule has 30 heavy (non-hydrogen) atoms. The Morgan fingerprint density at radius 1 is 0.833 bits per heavy atom. The Balaban J connectivity index is 1.72. The van der Waals surface area contributed by atoms with E-state index >= 15 is 0 Å². The zero-order chi connectivity index (χ0) is 21.3. The second kappa shape index (κ2) is 7.91. The normalized spacial score (nSPS) is 13.9. The van der Waals surface area contributed by atoms with Gasteiger partial charge in [0.25, 0.3) is 11.8 Å². The number of nitrogens with zero attached hydrogens (tertiary/aromatic N) is 1. The van der Waals surface area contributed by atoms with Crippen LogP contribution in [0, 0.1) is 18.6 Å². The number of amides is 2. The van der Waals surface area contributed by atoms with Crippen LogP contribution in [-0.2, 0) is 16.1 Å². The molecule has 0 atom stereocenters. The number of benzene rings is 3. The van der Waals surface area contributed by atoms with E-state index in [1.165, 1.54) is 6.07 Å². The highest BCUT2D eigenvalue weighted by Gasteiger charge is 2.39. The lowest BCUT2D eigenvalue weighted by Crippen LogP contribution is -2.32. The molecule has 0 saturated carbocycles. The van der Waals surface area contributed by atoms with Crippen molar-refractivity contribution in [2.24, 2.45) is 0 Å². The van der Waals surface area contributed by atoms with Crippen LogP contribution < -0.4 is 5.32 Å². The Labute approximate surface area is 172 Å². The summed E-state index contributed by atoms with van der Waals surface area (Å²) in [6, 6.07) is 19.5. The van der Waals surface area contributed by atoms with Gasteiger partial charge in [0.2, 0.25) is 0 Å². The largest absolute Gasteiger partial charge is 0.350 e. The van der Waals surface area contributed by atoms with Gasteiger partial charge in [-0.25, -0.2) is 8.78 Å². The fourth-order valence-corrected chi connectivity index (χ4v) is 3.30. The minimum absolute atomic E-state index is 0.0318. The Bertz CT molecular complexity index is 1160. The molecule has 3 aromatic rings. The Hall–Kier alpha value is -3.80. The molecule has 1 heterocycles. The topological polar surface area (TPSA) is 49.4 Å². The molecule has 2 amide bonds. The molecule has 0 spiro atoms. The van der Waals surface area contributed by atoms with E-state index in [0.29, 0.717) is 5.56 Å². The van der Waals surface area contributed by atoms with Crippen LogP contribution in [0.4, 0.5) is 14.5 Å². The lowest BCUT2D eigenvalue weighted by Gasteiger charge is -2.15. The van der Waals surface area contributed by atoms with Gasteiger partial charge in [0.15, 0.2) is 11.6 Å². The van der Waals surface area contributed by atoms with Crippen molar-refractivity contribution < 1.29 is 18.4 Å². The molecule has 0 aliphatic carbocycles. The summed E-state index contributed by atoms with van der Waals surface area (Å²) in [4.78, 5) is 27.5. The van der Waals surface area contributed by atoms with E-state index in [2.05, 4.69) is 5.32 Å². The summed E-state index contributed by atoms with van der Waals surface area (Å²) in [5.41, 5.74) is 2.84. The van der Waals surface area contributed by atoms with Gasteiger partial charge >= 0.3 is 0 Å². The number of anilines is 1. The maximum atomic E-state index is 13.7. The van der Waals surface area contributed by atoms with Crippen molar-refractivity contribution in [3.05, 3.63) is 107 Å². The van der Waals surface area contributed by atoms with Crippen LogP contribution in [0.25, 0.3) is 5.57 Å². The maximum absolute atomic E-state index is 13.7. The quantitative estimate of drug-likeness (QED) is 0.629. The first kappa shape index (κ1) is 19.5. The molecule has 1 aliphatic heterocycles. The van der Waals surface area contributed by atoms with E-state index < -0.39 is 23.4 Å². The highest BCUT2D eigenvalue weighted by atomic mass is 19.2. The van der Waals surface area contributed by atoms with E-state index in [1.54, 1.807) is 30.3 Å². The fraction of sp³-hybridized carbons (Fsp3) is 0.0833. The van der Waals surface area contributed by atoms with Crippen molar-refractivity contribution in [3.63, 3.8) is 0 Å². The zero-order valence-corrected chi connectivity index (χ0v) is 16.2. The predicted molar refractivity (Wildman–Crippen MR) is 110 cm³/mol. The summed E-state index contributed by atoms with van der Waals surface area (Å²) in [5.74, 6) is -3.01. The second-order valence-corrected chi connectivity index (χ2v) is 7.05. The molecule has 0 fully saturated rings. The van der Waals surface area contributed by atoms with E-state index in [4.69, 9.17) is 0 Å². The van der Waals surface area contributed by atoms with Crippen LogP contribution in [0.5, 0.6) is 0 Å². The minimum atomic E-state index is -1.05. The molecule has 0 saturated heterocycles. The Kier molecular flexibility index (Phi) is 5.14. The highest BCUT2D eigenvalue weighted by molar-refractivity contribution is 6.36. The monoisotopic (exact) mass is 404 g/mol. The summed E-state index contributed by atoms with van der Waals surface area (Å²) in [6.07, 6.45) is 0. The van der Waals surface area contributed by atoms with Crippen LogP contribution in [0.2, 0.25) is 0 Å². The Morgan fingerprint density at radius 2 is 1.53 bits per heavy atom. The predicted octanol–water partition coefficient (Wildman–Crippen LogP) is 4.67. The number of hydrogen-bond acceptors (Lipinski definition) is 3. The van der Waals surface area contributed by atoms with Gasteiger partial charge in [-0.05, 0) is 30.2 Å². The average Bonchev–Trinajstić information content (AvgIpc) is 2.97. The molecular weight excluding hydrogens is 386 g/mol. The molecule has 150 valence electrons. The number of rotatable bonds is 5. The van der Waals surface area contributed by atoms with E-state index in [1.807, 2.05) is 31.2 Å². The van der Waals surface area contributed by atoms with Gasteiger partial charge < -0.3 is 5.32 Å². The number of imide groups is 1. The van der Waals surface area contributed by atoms with Crippen LogP contribution >= 0.6 is 0 Å². The molecule has 1 N–H and O–H groups in total. The molecule has 0 radical (unpaired) electrons. The minimum Gasteiger partial charge on any atom is -0.350 e. The van der Waals surface area contributed by atoms with Crippen LogP contribution in [-0.4, -0.2) is 16.7 Å². The van der Waals surface area contributed by atoms with Crippen molar-refractivity contribution in [2.75, 3.05) is 5.32 Å². The van der Waals surface area contributed by atoms with Crippen LogP contribution in [0.3, 0.4) is 0 Å². The van der Waals surface area contributed by atoms with Gasteiger partial charge in [0.1, 0.15) is 5.70 Å². The van der Waals surface area contributed by atoms with E-state index in [0.717, 1.165) is 28.2 Å². The maximum Gasteiger partial charge on any atom is 0.278 e. The summed E-state index contributed by atoms with van der Waals surface area (Å²) in [7, 11) is 0.